The number of ether oxygens (including phenoxy) is 1. The first kappa shape index (κ1) is 20.0. The van der Waals surface area contributed by atoms with E-state index in [2.05, 4.69) is 10.5 Å². The van der Waals surface area contributed by atoms with Crippen molar-refractivity contribution in [3.05, 3.63) is 95.0 Å². The van der Waals surface area contributed by atoms with Gasteiger partial charge >= 0.3 is 0 Å². The second-order valence-corrected chi connectivity index (χ2v) is 7.39. The van der Waals surface area contributed by atoms with Gasteiger partial charge in [0.25, 0.3) is 5.91 Å². The minimum Gasteiger partial charge on any atom is -0.493 e. The second-order valence-electron chi connectivity index (χ2n) is 5.79. The van der Waals surface area contributed by atoms with E-state index in [1.807, 2.05) is 66.7 Å². The first-order valence-electron chi connectivity index (χ1n) is 8.70. The second kappa shape index (κ2) is 10.5. The van der Waals surface area contributed by atoms with Crippen LogP contribution in [0.1, 0.15) is 15.9 Å². The predicted octanol–water partition coefficient (Wildman–Crippen LogP) is 5.28. The Bertz CT molecular complexity index is 914. The van der Waals surface area contributed by atoms with Crippen LogP contribution in [0.5, 0.6) is 5.75 Å². The summed E-state index contributed by atoms with van der Waals surface area (Å²) in [6.45, 7) is 0.605. The highest BCUT2D eigenvalue weighted by molar-refractivity contribution is 7.99. The van der Waals surface area contributed by atoms with Crippen molar-refractivity contribution in [3.8, 4) is 5.75 Å². The molecule has 0 aliphatic rings. The van der Waals surface area contributed by atoms with Gasteiger partial charge < -0.3 is 4.74 Å². The number of amides is 1. The number of nitrogens with one attached hydrogen (secondary N) is 1. The van der Waals surface area contributed by atoms with Gasteiger partial charge in [-0.1, -0.05) is 29.8 Å². The fraction of sp³-hybridized carbons (Fsp3) is 0.0909. The molecule has 0 saturated heterocycles. The van der Waals surface area contributed by atoms with Crippen molar-refractivity contribution in [1.29, 1.82) is 0 Å². The topological polar surface area (TPSA) is 50.7 Å². The molecular weight excluding hydrogens is 392 g/mol. The van der Waals surface area contributed by atoms with Crippen LogP contribution < -0.4 is 10.2 Å². The highest BCUT2D eigenvalue weighted by Gasteiger charge is 2.01. The molecule has 0 radical (unpaired) electrons. The molecule has 0 aliphatic carbocycles. The SMILES string of the molecule is O=C(N/N=C\c1ccc(OCCSc2ccc(Cl)cc2)cc1)c1ccccc1. The molecule has 3 rings (SSSR count). The molecule has 3 aromatic carbocycles. The zero-order valence-corrected chi connectivity index (χ0v) is 16.6. The Morgan fingerprint density at radius 3 is 2.43 bits per heavy atom. The molecule has 6 heteroatoms. The molecule has 28 heavy (non-hydrogen) atoms. The molecular formula is C22H19ClN2O2S. The molecule has 0 aliphatic heterocycles. The maximum absolute atomic E-state index is 11.9. The number of rotatable bonds is 8. The molecule has 4 nitrogen and oxygen atoms in total. The molecule has 0 unspecified atom stereocenters. The van der Waals surface area contributed by atoms with E-state index in [0.717, 1.165) is 27.0 Å². The molecule has 0 aromatic heterocycles. The van der Waals surface area contributed by atoms with E-state index in [4.69, 9.17) is 16.3 Å². The molecule has 0 spiro atoms. The van der Waals surface area contributed by atoms with Crippen LogP contribution in [0, 0.1) is 0 Å². The first-order valence-corrected chi connectivity index (χ1v) is 10.1. The van der Waals surface area contributed by atoms with E-state index in [1.165, 1.54) is 0 Å². The molecule has 0 fully saturated rings. The average Bonchev–Trinajstić information content (AvgIpc) is 2.74. The minimum absolute atomic E-state index is 0.241. The van der Waals surface area contributed by atoms with Crippen molar-refractivity contribution in [2.45, 2.75) is 4.90 Å². The number of nitrogens with zero attached hydrogens (tertiary/aromatic N) is 1. The third-order valence-corrected chi connectivity index (χ3v) is 4.96. The molecule has 0 heterocycles. The van der Waals surface area contributed by atoms with Gasteiger partial charge in [0.05, 0.1) is 12.8 Å². The highest BCUT2D eigenvalue weighted by Crippen LogP contribution is 2.20. The van der Waals surface area contributed by atoms with Crippen LogP contribution in [0.4, 0.5) is 0 Å². The van der Waals surface area contributed by atoms with Gasteiger partial charge in [-0.3, -0.25) is 4.79 Å². The van der Waals surface area contributed by atoms with Crippen LogP contribution in [0.25, 0.3) is 0 Å². The van der Waals surface area contributed by atoms with Crippen LogP contribution in [0.15, 0.2) is 88.9 Å². The van der Waals surface area contributed by atoms with E-state index < -0.39 is 0 Å². The smallest absolute Gasteiger partial charge is 0.271 e. The van der Waals surface area contributed by atoms with E-state index in [-0.39, 0.29) is 5.91 Å². The Morgan fingerprint density at radius 2 is 1.71 bits per heavy atom. The number of hydrazone groups is 1. The third kappa shape index (κ3) is 6.44. The number of halogens is 1. The van der Waals surface area contributed by atoms with Crippen LogP contribution in [0.3, 0.4) is 0 Å². The monoisotopic (exact) mass is 410 g/mol. The summed E-state index contributed by atoms with van der Waals surface area (Å²) in [5.41, 5.74) is 3.95. The number of carbonyl (C=O) groups excluding carboxylic acids is 1. The van der Waals surface area contributed by atoms with Crippen molar-refractivity contribution in [1.82, 2.24) is 5.43 Å². The molecule has 1 N–H and O–H groups in total. The van der Waals surface area contributed by atoms with Gasteiger partial charge in [-0.2, -0.15) is 5.10 Å². The van der Waals surface area contributed by atoms with Crippen LogP contribution >= 0.6 is 23.4 Å². The Balaban J connectivity index is 1.40. The lowest BCUT2D eigenvalue weighted by Crippen LogP contribution is -2.17. The predicted molar refractivity (Wildman–Crippen MR) is 116 cm³/mol. The number of hydrogen-bond donors (Lipinski definition) is 1. The summed E-state index contributed by atoms with van der Waals surface area (Å²) in [5.74, 6) is 1.40. The van der Waals surface area contributed by atoms with E-state index >= 15 is 0 Å². The number of thioether (sulfide) groups is 1. The minimum atomic E-state index is -0.241. The van der Waals surface area contributed by atoms with E-state index in [9.17, 15) is 4.79 Å². The van der Waals surface area contributed by atoms with Crippen molar-refractivity contribution in [2.24, 2.45) is 5.10 Å². The Labute approximate surface area is 173 Å². The maximum Gasteiger partial charge on any atom is 0.271 e. The normalized spacial score (nSPS) is 10.8. The summed E-state index contributed by atoms with van der Waals surface area (Å²) in [7, 11) is 0. The Hall–Kier alpha value is -2.76. The summed E-state index contributed by atoms with van der Waals surface area (Å²) >= 11 is 7.60. The van der Waals surface area contributed by atoms with E-state index in [0.29, 0.717) is 12.2 Å². The van der Waals surface area contributed by atoms with Gasteiger partial charge in [-0.05, 0) is 66.2 Å². The Morgan fingerprint density at radius 1 is 1.00 bits per heavy atom. The number of carbonyl (C=O) groups is 1. The summed E-state index contributed by atoms with van der Waals surface area (Å²) in [4.78, 5) is 13.1. The quantitative estimate of drug-likeness (QED) is 0.238. The van der Waals surface area contributed by atoms with Crippen molar-refractivity contribution < 1.29 is 9.53 Å². The molecule has 0 bridgehead atoms. The van der Waals surface area contributed by atoms with Gasteiger partial charge in [0.1, 0.15) is 5.75 Å². The largest absolute Gasteiger partial charge is 0.493 e. The zero-order valence-electron chi connectivity index (χ0n) is 15.0. The first-order chi connectivity index (χ1) is 13.7. The van der Waals surface area contributed by atoms with Gasteiger partial charge in [-0.15, -0.1) is 11.8 Å². The lowest BCUT2D eigenvalue weighted by Gasteiger charge is -2.06. The maximum atomic E-state index is 11.9. The van der Waals surface area contributed by atoms with Crippen molar-refractivity contribution in [2.75, 3.05) is 12.4 Å². The zero-order chi connectivity index (χ0) is 19.6. The molecule has 1 amide bonds. The third-order valence-electron chi connectivity index (χ3n) is 3.73. The lowest BCUT2D eigenvalue weighted by molar-refractivity contribution is 0.0955. The number of benzene rings is 3. The summed E-state index contributed by atoms with van der Waals surface area (Å²) < 4.78 is 5.75. The van der Waals surface area contributed by atoms with Crippen LogP contribution in [-0.2, 0) is 0 Å². The fourth-order valence-corrected chi connectivity index (χ4v) is 3.18. The molecule has 142 valence electrons. The highest BCUT2D eigenvalue weighted by atomic mass is 35.5. The molecule has 3 aromatic rings. The average molecular weight is 411 g/mol. The Kier molecular flexibility index (Phi) is 7.53. The van der Waals surface area contributed by atoms with Crippen molar-refractivity contribution >= 4 is 35.5 Å². The lowest BCUT2D eigenvalue weighted by atomic mass is 10.2. The number of hydrogen-bond acceptors (Lipinski definition) is 4. The molecule has 0 atom stereocenters. The van der Waals surface area contributed by atoms with E-state index in [1.54, 1.807) is 30.1 Å². The fourth-order valence-electron chi connectivity index (χ4n) is 2.32. The van der Waals surface area contributed by atoms with Gasteiger partial charge in [-0.25, -0.2) is 5.43 Å². The van der Waals surface area contributed by atoms with Gasteiger partial charge in [0.15, 0.2) is 0 Å². The summed E-state index contributed by atoms with van der Waals surface area (Å²) in [6.07, 6.45) is 1.60. The van der Waals surface area contributed by atoms with Crippen molar-refractivity contribution in [3.63, 3.8) is 0 Å². The standard InChI is InChI=1S/C22H19ClN2O2S/c23-19-8-12-21(13-9-19)28-15-14-27-20-10-6-17(7-11-20)16-24-25-22(26)18-4-2-1-3-5-18/h1-13,16H,14-15H2,(H,25,26)/b24-16-. The van der Waals surface area contributed by atoms with Gasteiger partial charge in [0, 0.05) is 21.2 Å². The summed E-state index contributed by atoms with van der Waals surface area (Å²) in [6, 6.07) is 24.3. The van der Waals surface area contributed by atoms with Gasteiger partial charge in [0.2, 0.25) is 0 Å². The van der Waals surface area contributed by atoms with Crippen LogP contribution in [0.2, 0.25) is 5.02 Å². The molecule has 0 saturated carbocycles. The van der Waals surface area contributed by atoms with Crippen LogP contribution in [-0.4, -0.2) is 24.5 Å². The summed E-state index contributed by atoms with van der Waals surface area (Å²) in [5, 5.41) is 4.72.